The number of nitrogens with one attached hydrogen (secondary N) is 2. The number of aryl methyl sites for hydroxylation is 2. The van der Waals surface area contributed by atoms with E-state index in [1.54, 1.807) is 0 Å². The number of urea groups is 1. The van der Waals surface area contributed by atoms with E-state index in [-0.39, 0.29) is 6.03 Å². The number of hydrogen-bond acceptors (Lipinski definition) is 2. The van der Waals surface area contributed by atoms with Gasteiger partial charge < -0.3 is 10.6 Å². The largest absolute Gasteiger partial charge is 0.338 e. The highest BCUT2D eigenvalue weighted by Crippen LogP contribution is 2.17. The van der Waals surface area contributed by atoms with Gasteiger partial charge in [0.05, 0.1) is 11.4 Å². The molecule has 2 N–H and O–H groups in total. The number of hydrogen-bond donors (Lipinski definition) is 2. The molecule has 0 spiro atoms. The first-order valence-corrected chi connectivity index (χ1v) is 8.82. The highest BCUT2D eigenvalue weighted by Gasteiger charge is 2.06. The van der Waals surface area contributed by atoms with Gasteiger partial charge in [0.25, 0.3) is 0 Å². The van der Waals surface area contributed by atoms with Gasteiger partial charge in [-0.1, -0.05) is 29.8 Å². The lowest BCUT2D eigenvalue weighted by Gasteiger charge is -2.10. The number of halogens is 1. The molecule has 0 saturated carbocycles. The molecule has 6 heteroatoms. The van der Waals surface area contributed by atoms with Crippen LogP contribution in [0.5, 0.6) is 0 Å². The fraction of sp³-hybridized carbons (Fsp3) is 0.200. The number of benzene rings is 2. The Hall–Kier alpha value is -2.79. The third-order valence-electron chi connectivity index (χ3n) is 3.95. The molecule has 0 unspecified atom stereocenters. The summed E-state index contributed by atoms with van der Waals surface area (Å²) in [6, 6.07) is 17.0. The molecule has 0 aliphatic rings. The number of aromatic nitrogens is 2. The average Bonchev–Trinajstić information content (AvgIpc) is 2.93. The van der Waals surface area contributed by atoms with Crippen molar-refractivity contribution in [2.24, 2.45) is 0 Å². The SMILES string of the molecule is Cc1cc(C)n(-c2cccc(NC(=O)NCCc3cccc(Cl)c3)c2)n1. The van der Waals surface area contributed by atoms with E-state index in [0.717, 1.165) is 34.7 Å². The van der Waals surface area contributed by atoms with Gasteiger partial charge >= 0.3 is 6.03 Å². The van der Waals surface area contributed by atoms with Gasteiger partial charge in [-0.2, -0.15) is 5.10 Å². The highest BCUT2D eigenvalue weighted by molar-refractivity contribution is 6.30. The molecule has 1 heterocycles. The molecule has 0 atom stereocenters. The molecule has 0 aliphatic carbocycles. The Balaban J connectivity index is 1.57. The van der Waals surface area contributed by atoms with E-state index >= 15 is 0 Å². The average molecular weight is 369 g/mol. The van der Waals surface area contributed by atoms with Crippen LogP contribution in [0.2, 0.25) is 5.02 Å². The Morgan fingerprint density at radius 1 is 1.12 bits per heavy atom. The second kappa shape index (κ2) is 8.06. The van der Waals surface area contributed by atoms with Crippen LogP contribution in [0.15, 0.2) is 54.6 Å². The van der Waals surface area contributed by atoms with Gasteiger partial charge in [0.2, 0.25) is 0 Å². The standard InChI is InChI=1S/C20H21ClN4O/c1-14-11-15(2)25(24-14)19-8-4-7-18(13-19)23-20(26)22-10-9-16-5-3-6-17(21)12-16/h3-8,11-13H,9-10H2,1-2H3,(H2,22,23,26). The maximum Gasteiger partial charge on any atom is 0.319 e. The van der Waals surface area contributed by atoms with Crippen molar-refractivity contribution in [3.8, 4) is 5.69 Å². The molecule has 0 fully saturated rings. The summed E-state index contributed by atoms with van der Waals surface area (Å²) in [4.78, 5) is 12.1. The van der Waals surface area contributed by atoms with E-state index in [1.807, 2.05) is 73.1 Å². The predicted octanol–water partition coefficient (Wildman–Crippen LogP) is 4.51. The van der Waals surface area contributed by atoms with Gasteiger partial charge in [-0.25, -0.2) is 9.48 Å². The number of rotatable bonds is 5. The van der Waals surface area contributed by atoms with Gasteiger partial charge in [-0.05, 0) is 62.2 Å². The maximum absolute atomic E-state index is 12.1. The molecule has 2 amide bonds. The maximum atomic E-state index is 12.1. The fourth-order valence-electron chi connectivity index (χ4n) is 2.79. The quantitative estimate of drug-likeness (QED) is 0.696. The van der Waals surface area contributed by atoms with Crippen LogP contribution in [0.1, 0.15) is 17.0 Å². The van der Waals surface area contributed by atoms with Crippen LogP contribution in [0.25, 0.3) is 5.69 Å². The van der Waals surface area contributed by atoms with Crippen LogP contribution in [0, 0.1) is 13.8 Å². The summed E-state index contributed by atoms with van der Waals surface area (Å²) >= 11 is 5.96. The number of anilines is 1. The third-order valence-corrected chi connectivity index (χ3v) is 4.18. The van der Waals surface area contributed by atoms with Crippen LogP contribution < -0.4 is 10.6 Å². The van der Waals surface area contributed by atoms with E-state index in [9.17, 15) is 4.79 Å². The van der Waals surface area contributed by atoms with E-state index in [1.165, 1.54) is 0 Å². The Morgan fingerprint density at radius 2 is 1.92 bits per heavy atom. The van der Waals surface area contributed by atoms with Gasteiger partial charge in [0, 0.05) is 22.9 Å². The van der Waals surface area contributed by atoms with E-state index in [4.69, 9.17) is 11.6 Å². The summed E-state index contributed by atoms with van der Waals surface area (Å²) in [5.74, 6) is 0. The van der Waals surface area contributed by atoms with Crippen LogP contribution in [-0.2, 0) is 6.42 Å². The summed E-state index contributed by atoms with van der Waals surface area (Å²) in [5, 5.41) is 10.9. The molecular weight excluding hydrogens is 348 g/mol. The Kier molecular flexibility index (Phi) is 5.58. The normalized spacial score (nSPS) is 10.6. The van der Waals surface area contributed by atoms with Gasteiger partial charge in [-0.3, -0.25) is 0 Å². The molecule has 1 aromatic heterocycles. The second-order valence-corrected chi connectivity index (χ2v) is 6.59. The van der Waals surface area contributed by atoms with E-state index in [2.05, 4.69) is 15.7 Å². The first-order valence-electron chi connectivity index (χ1n) is 8.44. The van der Waals surface area contributed by atoms with Crippen LogP contribution in [0.3, 0.4) is 0 Å². The molecule has 0 bridgehead atoms. The van der Waals surface area contributed by atoms with Gasteiger partial charge in [-0.15, -0.1) is 0 Å². The monoisotopic (exact) mass is 368 g/mol. The van der Waals surface area contributed by atoms with Gasteiger partial charge in [0.15, 0.2) is 0 Å². The van der Waals surface area contributed by atoms with Crippen molar-refractivity contribution < 1.29 is 4.79 Å². The Bertz CT molecular complexity index is 920. The smallest absolute Gasteiger partial charge is 0.319 e. The Morgan fingerprint density at radius 3 is 2.65 bits per heavy atom. The summed E-state index contributed by atoms with van der Waals surface area (Å²) in [6.07, 6.45) is 0.722. The number of nitrogens with zero attached hydrogens (tertiary/aromatic N) is 2. The number of carbonyl (C=O) groups is 1. The zero-order valence-electron chi connectivity index (χ0n) is 14.8. The van der Waals surface area contributed by atoms with Crippen molar-refractivity contribution in [2.75, 3.05) is 11.9 Å². The molecule has 134 valence electrons. The lowest BCUT2D eigenvalue weighted by Crippen LogP contribution is -2.30. The van der Waals surface area contributed by atoms with Crippen LogP contribution in [0.4, 0.5) is 10.5 Å². The summed E-state index contributed by atoms with van der Waals surface area (Å²) in [7, 11) is 0. The highest BCUT2D eigenvalue weighted by atomic mass is 35.5. The summed E-state index contributed by atoms with van der Waals surface area (Å²) < 4.78 is 1.86. The zero-order valence-corrected chi connectivity index (χ0v) is 15.5. The lowest BCUT2D eigenvalue weighted by molar-refractivity contribution is 0.252. The zero-order chi connectivity index (χ0) is 18.5. The van der Waals surface area contributed by atoms with Crippen molar-refractivity contribution in [1.82, 2.24) is 15.1 Å². The van der Waals surface area contributed by atoms with Crippen LogP contribution in [-0.4, -0.2) is 22.4 Å². The Labute approximate surface area is 158 Å². The molecule has 3 rings (SSSR count). The van der Waals surface area contributed by atoms with Gasteiger partial charge in [0.1, 0.15) is 0 Å². The van der Waals surface area contributed by atoms with Crippen LogP contribution >= 0.6 is 11.6 Å². The second-order valence-electron chi connectivity index (χ2n) is 6.15. The molecule has 0 aliphatic heterocycles. The number of amides is 2. The van der Waals surface area contributed by atoms with Crippen molar-refractivity contribution in [3.05, 3.63) is 76.6 Å². The molecule has 0 saturated heterocycles. The van der Waals surface area contributed by atoms with Crippen molar-refractivity contribution >= 4 is 23.3 Å². The van der Waals surface area contributed by atoms with E-state index < -0.39 is 0 Å². The summed E-state index contributed by atoms with van der Waals surface area (Å²) in [5.41, 5.74) is 4.72. The minimum absolute atomic E-state index is 0.238. The molecule has 26 heavy (non-hydrogen) atoms. The minimum atomic E-state index is -0.238. The molecular formula is C20H21ClN4O. The van der Waals surface area contributed by atoms with Crippen molar-refractivity contribution in [1.29, 1.82) is 0 Å². The topological polar surface area (TPSA) is 59.0 Å². The van der Waals surface area contributed by atoms with Crippen molar-refractivity contribution in [2.45, 2.75) is 20.3 Å². The molecule has 0 radical (unpaired) electrons. The fourth-order valence-corrected chi connectivity index (χ4v) is 3.01. The molecule has 5 nitrogen and oxygen atoms in total. The van der Waals surface area contributed by atoms with Crippen molar-refractivity contribution in [3.63, 3.8) is 0 Å². The first-order chi connectivity index (χ1) is 12.5. The molecule has 3 aromatic rings. The summed E-state index contributed by atoms with van der Waals surface area (Å²) in [6.45, 7) is 4.49. The predicted molar refractivity (Wildman–Crippen MR) is 105 cm³/mol. The third kappa shape index (κ3) is 4.64. The minimum Gasteiger partial charge on any atom is -0.338 e. The van der Waals surface area contributed by atoms with E-state index in [0.29, 0.717) is 11.6 Å². The lowest BCUT2D eigenvalue weighted by atomic mass is 10.1. The first kappa shape index (κ1) is 18.0. The molecule has 2 aromatic carbocycles. The number of carbonyl (C=O) groups excluding carboxylic acids is 1.